The van der Waals surface area contributed by atoms with Gasteiger partial charge in [0.1, 0.15) is 6.04 Å². The SMILES string of the molecule is Cc1ccc(SCC(=O)N2c3ccccc3NC3=C(C(=O)CCC3)C2c2cccs2)cc1. The lowest BCUT2D eigenvalue weighted by atomic mass is 9.88. The molecule has 0 spiro atoms. The second-order valence-electron chi connectivity index (χ2n) is 8.09. The number of benzene rings is 2. The van der Waals surface area contributed by atoms with Crippen molar-refractivity contribution in [2.24, 2.45) is 0 Å². The molecule has 6 heteroatoms. The number of para-hydroxylation sites is 2. The summed E-state index contributed by atoms with van der Waals surface area (Å²) in [6, 6.07) is 19.7. The minimum atomic E-state index is -0.403. The van der Waals surface area contributed by atoms with Crippen molar-refractivity contribution in [3.8, 4) is 0 Å². The van der Waals surface area contributed by atoms with Crippen molar-refractivity contribution in [3.63, 3.8) is 0 Å². The van der Waals surface area contributed by atoms with E-state index in [4.69, 9.17) is 0 Å². The van der Waals surface area contributed by atoms with Crippen LogP contribution in [-0.4, -0.2) is 17.4 Å². The number of fused-ring (bicyclic) bond motifs is 1. The molecule has 2 heterocycles. The lowest BCUT2D eigenvalue weighted by Gasteiger charge is -2.33. The molecule has 162 valence electrons. The van der Waals surface area contributed by atoms with E-state index in [-0.39, 0.29) is 11.7 Å². The van der Waals surface area contributed by atoms with Crippen molar-refractivity contribution in [3.05, 3.63) is 87.8 Å². The summed E-state index contributed by atoms with van der Waals surface area (Å²) in [5.41, 5.74) is 4.59. The first kappa shape index (κ1) is 21.0. The molecule has 1 amide bonds. The molecule has 0 bridgehead atoms. The van der Waals surface area contributed by atoms with Crippen LogP contribution < -0.4 is 10.2 Å². The smallest absolute Gasteiger partial charge is 0.238 e. The molecule has 5 rings (SSSR count). The predicted octanol–water partition coefficient (Wildman–Crippen LogP) is 6.36. The minimum Gasteiger partial charge on any atom is -0.357 e. The summed E-state index contributed by atoms with van der Waals surface area (Å²) in [5.74, 6) is 0.431. The van der Waals surface area contributed by atoms with Gasteiger partial charge in [0, 0.05) is 27.5 Å². The van der Waals surface area contributed by atoms with Gasteiger partial charge < -0.3 is 5.32 Å². The number of carbonyl (C=O) groups is 2. The highest BCUT2D eigenvalue weighted by Gasteiger charge is 2.39. The van der Waals surface area contributed by atoms with Crippen LogP contribution >= 0.6 is 23.1 Å². The Morgan fingerprint density at radius 2 is 1.91 bits per heavy atom. The number of hydrogen-bond acceptors (Lipinski definition) is 5. The van der Waals surface area contributed by atoms with Crippen LogP contribution in [-0.2, 0) is 9.59 Å². The molecule has 0 saturated heterocycles. The number of thiophene rings is 1. The summed E-state index contributed by atoms with van der Waals surface area (Å²) < 4.78 is 0. The van der Waals surface area contributed by atoms with E-state index in [1.54, 1.807) is 11.3 Å². The fourth-order valence-electron chi connectivity index (χ4n) is 4.37. The Kier molecular flexibility index (Phi) is 5.89. The molecule has 2 aromatic carbocycles. The highest BCUT2D eigenvalue weighted by atomic mass is 32.2. The molecule has 2 aliphatic rings. The first-order valence-corrected chi connectivity index (χ1v) is 12.7. The third-order valence-corrected chi connectivity index (χ3v) is 7.82. The van der Waals surface area contributed by atoms with Crippen LogP contribution in [0.2, 0.25) is 0 Å². The van der Waals surface area contributed by atoms with Gasteiger partial charge >= 0.3 is 0 Å². The number of Topliss-reactive ketones (excluding diaryl/α,β-unsaturated/α-hetero) is 1. The molecule has 0 saturated carbocycles. The second-order valence-corrected chi connectivity index (χ2v) is 10.1. The van der Waals surface area contributed by atoms with Gasteiger partial charge in [0.05, 0.1) is 17.1 Å². The Morgan fingerprint density at radius 1 is 1.09 bits per heavy atom. The predicted molar refractivity (Wildman–Crippen MR) is 132 cm³/mol. The molecular weight excluding hydrogens is 436 g/mol. The molecule has 1 unspecified atom stereocenters. The lowest BCUT2D eigenvalue weighted by molar-refractivity contribution is -0.117. The molecule has 1 aliphatic carbocycles. The summed E-state index contributed by atoms with van der Waals surface area (Å²) in [6.07, 6.45) is 2.18. The molecule has 1 aliphatic heterocycles. The number of nitrogens with one attached hydrogen (secondary N) is 1. The first-order valence-electron chi connectivity index (χ1n) is 10.8. The van der Waals surface area contributed by atoms with Crippen LogP contribution in [0.25, 0.3) is 0 Å². The number of ketones is 1. The zero-order chi connectivity index (χ0) is 22.1. The van der Waals surface area contributed by atoms with Gasteiger partial charge in [0.25, 0.3) is 0 Å². The molecule has 1 atom stereocenters. The van der Waals surface area contributed by atoms with E-state index in [1.807, 2.05) is 58.8 Å². The molecule has 1 aromatic heterocycles. The van der Waals surface area contributed by atoms with E-state index in [1.165, 1.54) is 17.3 Å². The van der Waals surface area contributed by atoms with Gasteiger partial charge in [-0.1, -0.05) is 35.9 Å². The third kappa shape index (κ3) is 4.00. The Morgan fingerprint density at radius 3 is 2.69 bits per heavy atom. The van der Waals surface area contributed by atoms with E-state index < -0.39 is 6.04 Å². The van der Waals surface area contributed by atoms with E-state index in [0.717, 1.165) is 45.3 Å². The molecule has 4 nitrogen and oxygen atoms in total. The Hall–Kier alpha value is -2.83. The largest absolute Gasteiger partial charge is 0.357 e. The van der Waals surface area contributed by atoms with Gasteiger partial charge in [-0.3, -0.25) is 14.5 Å². The van der Waals surface area contributed by atoms with Crippen molar-refractivity contribution in [1.82, 2.24) is 0 Å². The number of amides is 1. The maximum absolute atomic E-state index is 13.8. The average molecular weight is 461 g/mol. The van der Waals surface area contributed by atoms with Crippen LogP contribution in [0, 0.1) is 6.92 Å². The summed E-state index contributed by atoms with van der Waals surface area (Å²) in [7, 11) is 0. The normalized spacial score (nSPS) is 18.0. The topological polar surface area (TPSA) is 49.4 Å². The standard InChI is InChI=1S/C26H24N2O2S2/c1-17-11-13-18(14-12-17)32-16-24(30)28-21-8-3-2-6-19(21)27-20-7-4-9-22(29)25(20)26(28)23-10-5-15-31-23/h2-3,5-6,8,10-15,26-27H,4,7,9,16H2,1H3. The number of allylic oxidation sites excluding steroid dienone is 1. The Bertz CT molecular complexity index is 1180. The van der Waals surface area contributed by atoms with Crippen molar-refractivity contribution < 1.29 is 9.59 Å². The fraction of sp³-hybridized carbons (Fsp3) is 0.231. The molecule has 0 fully saturated rings. The van der Waals surface area contributed by atoms with Crippen molar-refractivity contribution in [1.29, 1.82) is 0 Å². The van der Waals surface area contributed by atoms with Gasteiger partial charge in [-0.25, -0.2) is 0 Å². The first-order chi connectivity index (χ1) is 15.6. The van der Waals surface area contributed by atoms with Crippen molar-refractivity contribution in [2.45, 2.75) is 37.1 Å². The molecule has 0 radical (unpaired) electrons. The van der Waals surface area contributed by atoms with Crippen molar-refractivity contribution >= 4 is 46.2 Å². The summed E-state index contributed by atoms with van der Waals surface area (Å²) in [5, 5.41) is 5.52. The maximum Gasteiger partial charge on any atom is 0.238 e. The van der Waals surface area contributed by atoms with Crippen LogP contribution in [0.5, 0.6) is 0 Å². The summed E-state index contributed by atoms with van der Waals surface area (Å²) in [4.78, 5) is 30.9. The summed E-state index contributed by atoms with van der Waals surface area (Å²) in [6.45, 7) is 2.05. The van der Waals surface area contributed by atoms with Crippen molar-refractivity contribution in [2.75, 3.05) is 16.0 Å². The number of rotatable bonds is 4. The quantitative estimate of drug-likeness (QED) is 0.461. The highest BCUT2D eigenvalue weighted by Crippen LogP contribution is 2.46. The van der Waals surface area contributed by atoms with E-state index in [2.05, 4.69) is 24.4 Å². The molecular formula is C26H24N2O2S2. The van der Waals surface area contributed by atoms with Crippen LogP contribution in [0.4, 0.5) is 11.4 Å². The third-order valence-electron chi connectivity index (χ3n) is 5.90. The molecule has 32 heavy (non-hydrogen) atoms. The van der Waals surface area contributed by atoms with E-state index in [0.29, 0.717) is 12.2 Å². The van der Waals surface area contributed by atoms with Crippen LogP contribution in [0.15, 0.2) is 82.2 Å². The minimum absolute atomic E-state index is 0.00431. The molecule has 3 aromatic rings. The Labute approximate surface area is 196 Å². The number of nitrogens with zero attached hydrogens (tertiary/aromatic N) is 1. The zero-order valence-corrected chi connectivity index (χ0v) is 19.5. The van der Waals surface area contributed by atoms with Gasteiger partial charge in [0.2, 0.25) is 5.91 Å². The average Bonchev–Trinajstić information content (AvgIpc) is 3.28. The number of anilines is 2. The van der Waals surface area contributed by atoms with Gasteiger partial charge in [0.15, 0.2) is 5.78 Å². The second kappa shape index (κ2) is 8.96. The monoisotopic (exact) mass is 460 g/mol. The van der Waals surface area contributed by atoms with E-state index in [9.17, 15) is 9.59 Å². The lowest BCUT2D eigenvalue weighted by Crippen LogP contribution is -2.38. The summed E-state index contributed by atoms with van der Waals surface area (Å²) >= 11 is 3.13. The highest BCUT2D eigenvalue weighted by molar-refractivity contribution is 8.00. The number of thioether (sulfide) groups is 1. The Balaban J connectivity index is 1.58. The zero-order valence-electron chi connectivity index (χ0n) is 17.8. The number of aryl methyl sites for hydroxylation is 1. The fourth-order valence-corrected chi connectivity index (χ4v) is 5.96. The number of hydrogen-bond donors (Lipinski definition) is 1. The van der Waals surface area contributed by atoms with Crippen LogP contribution in [0.1, 0.15) is 35.7 Å². The molecule has 1 N–H and O–H groups in total. The van der Waals surface area contributed by atoms with Gasteiger partial charge in [-0.2, -0.15) is 0 Å². The maximum atomic E-state index is 13.8. The van der Waals surface area contributed by atoms with Crippen LogP contribution in [0.3, 0.4) is 0 Å². The van der Waals surface area contributed by atoms with E-state index >= 15 is 0 Å². The van der Waals surface area contributed by atoms with Gasteiger partial charge in [-0.15, -0.1) is 23.1 Å². The van der Waals surface area contributed by atoms with Gasteiger partial charge in [-0.05, 0) is 55.5 Å². The number of carbonyl (C=O) groups excluding carboxylic acids is 2.